The zero-order valence-corrected chi connectivity index (χ0v) is 9.75. The van der Waals surface area contributed by atoms with Crippen molar-refractivity contribution in [2.75, 3.05) is 7.11 Å². The van der Waals surface area contributed by atoms with Crippen LogP contribution in [0.3, 0.4) is 0 Å². The monoisotopic (exact) mass is 209 g/mol. The highest BCUT2D eigenvalue weighted by molar-refractivity contribution is 5.84. The van der Waals surface area contributed by atoms with Crippen LogP contribution in [0.1, 0.15) is 39.5 Å². The summed E-state index contributed by atoms with van der Waals surface area (Å²) in [5.41, 5.74) is -0.249. The van der Waals surface area contributed by atoms with Gasteiger partial charge >= 0.3 is 0 Å². The quantitative estimate of drug-likeness (QED) is 0.698. The maximum Gasteiger partial charge on any atom is 0.153 e. The molecule has 0 aromatic heterocycles. The first-order valence-electron chi connectivity index (χ1n) is 5.52. The van der Waals surface area contributed by atoms with Gasteiger partial charge in [0.05, 0.1) is 11.7 Å². The van der Waals surface area contributed by atoms with Crippen molar-refractivity contribution >= 4 is 5.78 Å². The Morgan fingerprint density at radius 3 is 2.40 bits per heavy atom. The van der Waals surface area contributed by atoms with E-state index >= 15 is 0 Å². The van der Waals surface area contributed by atoms with E-state index in [1.807, 2.05) is 13.8 Å². The lowest BCUT2D eigenvalue weighted by molar-refractivity contribution is -0.135. The molecule has 1 aliphatic carbocycles. The van der Waals surface area contributed by atoms with Gasteiger partial charge in [-0.15, -0.1) is 0 Å². The van der Waals surface area contributed by atoms with Gasteiger partial charge in [0.2, 0.25) is 0 Å². The Morgan fingerprint density at radius 2 is 2.13 bits per heavy atom. The van der Waals surface area contributed by atoms with Crippen LogP contribution in [-0.2, 0) is 9.53 Å². The second kappa shape index (κ2) is 4.76. The van der Waals surface area contributed by atoms with Gasteiger partial charge in [-0.25, -0.2) is 0 Å². The van der Waals surface area contributed by atoms with E-state index in [-0.39, 0.29) is 17.3 Å². The van der Waals surface area contributed by atoms with Crippen molar-refractivity contribution in [3.05, 3.63) is 0 Å². The molecule has 3 nitrogen and oxygen atoms in total. The summed E-state index contributed by atoms with van der Waals surface area (Å²) in [5, 5.41) is 8.92. The number of nitrogens with zero attached hydrogens (tertiary/aromatic N) is 1. The lowest BCUT2D eigenvalue weighted by Gasteiger charge is -2.40. The van der Waals surface area contributed by atoms with E-state index in [9.17, 15) is 4.79 Å². The Morgan fingerprint density at radius 1 is 1.53 bits per heavy atom. The summed E-state index contributed by atoms with van der Waals surface area (Å²) in [5.74, 6) is -0.344. The smallest absolute Gasteiger partial charge is 0.153 e. The van der Waals surface area contributed by atoms with Gasteiger partial charge in [0.25, 0.3) is 0 Å². The maximum atomic E-state index is 11.9. The highest BCUT2D eigenvalue weighted by Gasteiger charge is 2.40. The number of ether oxygens (including phenoxy) is 1. The normalized spacial score (nSPS) is 20.5. The summed E-state index contributed by atoms with van der Waals surface area (Å²) < 4.78 is 5.39. The number of hydrogen-bond acceptors (Lipinski definition) is 3. The molecule has 0 heterocycles. The maximum absolute atomic E-state index is 11.9. The van der Waals surface area contributed by atoms with Crippen LogP contribution in [0.4, 0.5) is 0 Å². The third kappa shape index (κ3) is 2.57. The van der Waals surface area contributed by atoms with Crippen LogP contribution in [-0.4, -0.2) is 18.5 Å². The van der Waals surface area contributed by atoms with Crippen molar-refractivity contribution in [1.29, 1.82) is 5.26 Å². The summed E-state index contributed by atoms with van der Waals surface area (Å²) in [6.07, 6.45) is 3.43. The molecule has 0 radical (unpaired) electrons. The summed E-state index contributed by atoms with van der Waals surface area (Å²) >= 11 is 0. The number of carbonyl (C=O) groups excluding carboxylic acids is 1. The molecule has 0 amide bonds. The zero-order chi connectivity index (χ0) is 11.5. The molecular weight excluding hydrogens is 190 g/mol. The van der Waals surface area contributed by atoms with Crippen LogP contribution in [0.25, 0.3) is 0 Å². The molecule has 0 saturated heterocycles. The van der Waals surface area contributed by atoms with Gasteiger partial charge in [0.1, 0.15) is 5.92 Å². The number of methoxy groups -OCH3 is 1. The molecule has 0 N–H and O–H groups in total. The van der Waals surface area contributed by atoms with Crippen molar-refractivity contribution in [2.45, 2.75) is 45.1 Å². The number of carbonyl (C=O) groups is 1. The fraction of sp³-hybridized carbons (Fsp3) is 0.833. The number of rotatable bonds is 5. The average Bonchev–Trinajstić information content (AvgIpc) is 2.11. The predicted molar refractivity (Wildman–Crippen MR) is 57.2 cm³/mol. The fourth-order valence-corrected chi connectivity index (χ4v) is 2.04. The molecule has 84 valence electrons. The largest absolute Gasteiger partial charge is 0.378 e. The number of ketones is 1. The van der Waals surface area contributed by atoms with Crippen LogP contribution in [0.15, 0.2) is 0 Å². The van der Waals surface area contributed by atoms with Crippen molar-refractivity contribution < 1.29 is 9.53 Å². The van der Waals surface area contributed by atoms with E-state index < -0.39 is 5.92 Å². The average molecular weight is 209 g/mol. The van der Waals surface area contributed by atoms with Crippen LogP contribution in [0.2, 0.25) is 0 Å². The Hall–Kier alpha value is -0.880. The molecule has 1 aliphatic rings. The Labute approximate surface area is 91.4 Å². The lowest BCUT2D eigenvalue weighted by Crippen LogP contribution is -2.42. The van der Waals surface area contributed by atoms with Crippen LogP contribution in [0.5, 0.6) is 0 Å². The molecule has 15 heavy (non-hydrogen) atoms. The molecule has 0 bridgehead atoms. The molecule has 1 rings (SSSR count). The van der Waals surface area contributed by atoms with Crippen LogP contribution < -0.4 is 0 Å². The van der Waals surface area contributed by atoms with Gasteiger partial charge in [-0.2, -0.15) is 5.26 Å². The topological polar surface area (TPSA) is 50.1 Å². The van der Waals surface area contributed by atoms with Gasteiger partial charge in [0, 0.05) is 13.5 Å². The molecule has 1 unspecified atom stereocenters. The summed E-state index contributed by atoms with van der Waals surface area (Å²) in [6.45, 7) is 3.82. The summed E-state index contributed by atoms with van der Waals surface area (Å²) in [4.78, 5) is 11.9. The van der Waals surface area contributed by atoms with Gasteiger partial charge in [-0.1, -0.05) is 13.8 Å². The van der Waals surface area contributed by atoms with E-state index in [2.05, 4.69) is 6.07 Å². The first-order valence-corrected chi connectivity index (χ1v) is 5.52. The Balaban J connectivity index is 2.58. The molecule has 1 fully saturated rings. The minimum Gasteiger partial charge on any atom is -0.378 e. The standard InChI is InChI=1S/C12H19NO2/c1-9(2)10(8-13)11(14)7-12(15-3)5-4-6-12/h9-10H,4-7H2,1-3H3. The zero-order valence-electron chi connectivity index (χ0n) is 9.75. The second-order valence-corrected chi connectivity index (χ2v) is 4.73. The molecule has 0 aromatic rings. The minimum absolute atomic E-state index is 0.0362. The van der Waals surface area contributed by atoms with Gasteiger partial charge in [0.15, 0.2) is 5.78 Å². The van der Waals surface area contributed by atoms with E-state index in [1.165, 1.54) is 0 Å². The van der Waals surface area contributed by atoms with E-state index in [0.29, 0.717) is 6.42 Å². The van der Waals surface area contributed by atoms with E-state index in [4.69, 9.17) is 10.00 Å². The highest BCUT2D eigenvalue weighted by Crippen LogP contribution is 2.39. The van der Waals surface area contributed by atoms with Gasteiger partial charge in [-0.05, 0) is 25.2 Å². The van der Waals surface area contributed by atoms with E-state index in [1.54, 1.807) is 7.11 Å². The third-order valence-corrected chi connectivity index (χ3v) is 3.35. The van der Waals surface area contributed by atoms with Crippen molar-refractivity contribution in [2.24, 2.45) is 11.8 Å². The van der Waals surface area contributed by atoms with Crippen LogP contribution >= 0.6 is 0 Å². The van der Waals surface area contributed by atoms with Crippen molar-refractivity contribution in [3.8, 4) is 6.07 Å². The first kappa shape index (κ1) is 12.2. The molecule has 0 spiro atoms. The molecular formula is C12H19NO2. The van der Waals surface area contributed by atoms with Crippen LogP contribution in [0, 0.1) is 23.2 Å². The summed E-state index contributed by atoms with van der Waals surface area (Å²) in [7, 11) is 1.66. The SMILES string of the molecule is COC1(CC(=O)C(C#N)C(C)C)CCC1. The first-order chi connectivity index (χ1) is 7.04. The minimum atomic E-state index is -0.474. The lowest BCUT2D eigenvalue weighted by atomic mass is 9.74. The predicted octanol–water partition coefficient (Wildman–Crippen LogP) is 2.31. The number of hydrogen-bond donors (Lipinski definition) is 0. The number of Topliss-reactive ketones (excluding diaryl/α,β-unsaturated/α-hetero) is 1. The number of nitriles is 1. The molecule has 0 aliphatic heterocycles. The summed E-state index contributed by atoms with van der Waals surface area (Å²) in [6, 6.07) is 2.09. The third-order valence-electron chi connectivity index (χ3n) is 3.35. The van der Waals surface area contributed by atoms with Crippen molar-refractivity contribution in [3.63, 3.8) is 0 Å². The van der Waals surface area contributed by atoms with E-state index in [0.717, 1.165) is 19.3 Å². The molecule has 3 heteroatoms. The van der Waals surface area contributed by atoms with Gasteiger partial charge < -0.3 is 4.74 Å². The molecule has 0 aromatic carbocycles. The Bertz CT molecular complexity index is 268. The second-order valence-electron chi connectivity index (χ2n) is 4.73. The molecule has 1 atom stereocenters. The Kier molecular flexibility index (Phi) is 3.87. The van der Waals surface area contributed by atoms with Gasteiger partial charge in [-0.3, -0.25) is 4.79 Å². The highest BCUT2D eigenvalue weighted by atomic mass is 16.5. The van der Waals surface area contributed by atoms with Crippen molar-refractivity contribution in [1.82, 2.24) is 0 Å². The molecule has 1 saturated carbocycles. The fourth-order valence-electron chi connectivity index (χ4n) is 2.04.